The highest BCUT2D eigenvalue weighted by atomic mass is 127. The number of thioether (sulfide) groups is 1. The van der Waals surface area contributed by atoms with Crippen molar-refractivity contribution in [2.45, 2.75) is 36.3 Å². The predicted octanol–water partition coefficient (Wildman–Crippen LogP) is 0.314. The van der Waals surface area contributed by atoms with Gasteiger partial charge in [-0.15, -0.1) is 11.8 Å². The van der Waals surface area contributed by atoms with Crippen molar-refractivity contribution in [3.8, 4) is 5.75 Å². The summed E-state index contributed by atoms with van der Waals surface area (Å²) in [4.78, 5) is 0. The largest absolute Gasteiger partial charge is 1.00 e. The molecule has 3 atom stereocenters. The van der Waals surface area contributed by atoms with Gasteiger partial charge in [-0.3, -0.25) is 0 Å². The van der Waals surface area contributed by atoms with Gasteiger partial charge in [-0.05, 0) is 17.7 Å². The van der Waals surface area contributed by atoms with Crippen LogP contribution in [0.15, 0.2) is 24.3 Å². The molecule has 0 amide bonds. The summed E-state index contributed by atoms with van der Waals surface area (Å²) in [5.41, 5.74) is 1.42. The lowest BCUT2D eigenvalue weighted by atomic mass is 10.1. The van der Waals surface area contributed by atoms with Gasteiger partial charge in [0.2, 0.25) is 0 Å². The summed E-state index contributed by atoms with van der Waals surface area (Å²) in [6.07, 6.45) is 4.28. The Labute approximate surface area is 143 Å². The SMILES string of the molecule is COc1ccc(CSC2CC[N+]3(C)CCC[C@@H]23)cc1.[I-]. The third-order valence-corrected chi connectivity index (χ3v) is 6.42. The van der Waals surface area contributed by atoms with Crippen LogP contribution in [-0.2, 0) is 5.75 Å². The summed E-state index contributed by atoms with van der Waals surface area (Å²) < 4.78 is 6.56. The lowest BCUT2D eigenvalue weighted by molar-refractivity contribution is -0.908. The lowest BCUT2D eigenvalue weighted by Crippen LogP contribution is -3.00. The molecular weight excluding hydrogens is 381 g/mol. The Kier molecular flexibility index (Phi) is 5.65. The quantitative estimate of drug-likeness (QED) is 0.527. The highest BCUT2D eigenvalue weighted by Gasteiger charge is 2.48. The van der Waals surface area contributed by atoms with Crippen molar-refractivity contribution in [2.24, 2.45) is 0 Å². The van der Waals surface area contributed by atoms with Gasteiger partial charge in [-0.25, -0.2) is 0 Å². The molecule has 20 heavy (non-hydrogen) atoms. The van der Waals surface area contributed by atoms with Crippen molar-refractivity contribution < 1.29 is 33.2 Å². The van der Waals surface area contributed by atoms with Gasteiger partial charge in [-0.1, -0.05) is 12.1 Å². The Morgan fingerprint density at radius 3 is 2.65 bits per heavy atom. The van der Waals surface area contributed by atoms with Crippen molar-refractivity contribution in [2.75, 3.05) is 27.2 Å². The van der Waals surface area contributed by atoms with Crippen LogP contribution in [0.1, 0.15) is 24.8 Å². The molecule has 1 aromatic rings. The van der Waals surface area contributed by atoms with Crippen LogP contribution < -0.4 is 28.7 Å². The molecule has 0 bridgehead atoms. The second-order valence-electron chi connectivity index (χ2n) is 6.12. The Morgan fingerprint density at radius 2 is 1.95 bits per heavy atom. The van der Waals surface area contributed by atoms with Gasteiger partial charge in [0, 0.05) is 25.0 Å². The maximum atomic E-state index is 5.21. The molecule has 2 aliphatic heterocycles. The van der Waals surface area contributed by atoms with E-state index < -0.39 is 0 Å². The second-order valence-corrected chi connectivity index (χ2v) is 7.35. The van der Waals surface area contributed by atoms with Crippen molar-refractivity contribution in [3.05, 3.63) is 29.8 Å². The minimum absolute atomic E-state index is 0. The second kappa shape index (κ2) is 6.88. The first-order valence-electron chi connectivity index (χ1n) is 7.30. The molecule has 2 fully saturated rings. The van der Waals surface area contributed by atoms with Gasteiger partial charge in [0.1, 0.15) is 11.8 Å². The molecule has 2 heterocycles. The third-order valence-electron chi connectivity index (χ3n) is 4.95. The molecule has 2 aliphatic rings. The minimum atomic E-state index is 0. The molecule has 2 unspecified atom stereocenters. The average Bonchev–Trinajstić information content (AvgIpc) is 2.94. The van der Waals surface area contributed by atoms with Gasteiger partial charge >= 0.3 is 0 Å². The monoisotopic (exact) mass is 405 g/mol. The van der Waals surface area contributed by atoms with Gasteiger partial charge in [-0.2, -0.15) is 0 Å². The van der Waals surface area contributed by atoms with Crippen LogP contribution in [0.4, 0.5) is 0 Å². The van der Waals surface area contributed by atoms with Crippen LogP contribution in [0, 0.1) is 0 Å². The number of fused-ring (bicyclic) bond motifs is 1. The number of benzene rings is 1. The van der Waals surface area contributed by atoms with E-state index in [4.69, 9.17) is 4.74 Å². The molecule has 0 spiro atoms. The summed E-state index contributed by atoms with van der Waals surface area (Å²) in [6, 6.07) is 9.45. The number of quaternary nitrogens is 1. The van der Waals surface area contributed by atoms with Crippen LogP contribution in [0.2, 0.25) is 0 Å². The summed E-state index contributed by atoms with van der Waals surface area (Å²) in [7, 11) is 4.19. The topological polar surface area (TPSA) is 9.23 Å². The molecule has 1 aromatic carbocycles. The first kappa shape index (κ1) is 16.4. The average molecular weight is 405 g/mol. The first-order valence-corrected chi connectivity index (χ1v) is 8.35. The van der Waals surface area contributed by atoms with Crippen LogP contribution in [-0.4, -0.2) is 43.0 Å². The third kappa shape index (κ3) is 3.28. The molecule has 2 saturated heterocycles. The van der Waals surface area contributed by atoms with E-state index >= 15 is 0 Å². The molecule has 0 N–H and O–H groups in total. The van der Waals surface area contributed by atoms with E-state index in [0.29, 0.717) is 0 Å². The maximum absolute atomic E-state index is 5.21. The normalized spacial score (nSPS) is 31.7. The Balaban J connectivity index is 0.00000147. The van der Waals surface area contributed by atoms with Gasteiger partial charge in [0.25, 0.3) is 0 Å². The van der Waals surface area contributed by atoms with Crippen molar-refractivity contribution >= 4 is 11.8 Å². The summed E-state index contributed by atoms with van der Waals surface area (Å²) in [5.74, 6) is 2.10. The fourth-order valence-electron chi connectivity index (χ4n) is 3.74. The van der Waals surface area contributed by atoms with E-state index in [-0.39, 0.29) is 24.0 Å². The van der Waals surface area contributed by atoms with E-state index in [2.05, 4.69) is 43.1 Å². The molecule has 3 rings (SSSR count). The highest BCUT2D eigenvalue weighted by molar-refractivity contribution is 7.99. The van der Waals surface area contributed by atoms with Gasteiger partial charge in [0.15, 0.2) is 0 Å². The van der Waals surface area contributed by atoms with E-state index in [1.54, 1.807) is 7.11 Å². The van der Waals surface area contributed by atoms with Crippen molar-refractivity contribution in [1.29, 1.82) is 0 Å². The summed E-state index contributed by atoms with van der Waals surface area (Å²) in [5, 5.41) is 0.870. The molecule has 0 aliphatic carbocycles. The van der Waals surface area contributed by atoms with Crippen LogP contribution >= 0.6 is 11.8 Å². The van der Waals surface area contributed by atoms with Crippen molar-refractivity contribution in [1.82, 2.24) is 0 Å². The number of rotatable bonds is 4. The molecule has 4 heteroatoms. The van der Waals surface area contributed by atoms with Gasteiger partial charge < -0.3 is 33.2 Å². The zero-order valence-electron chi connectivity index (χ0n) is 12.3. The van der Waals surface area contributed by atoms with Gasteiger partial charge in [0.05, 0.1) is 32.5 Å². The van der Waals surface area contributed by atoms with Crippen LogP contribution in [0.3, 0.4) is 0 Å². The standard InChI is InChI=1S/C16H24NOS.HI/c1-17-10-3-4-15(17)16(9-11-17)19-12-13-5-7-14(18-2)8-6-13;/h5-8,15-16H,3-4,9-12H2,1-2H3;1H/q+1;/p-1/t15-,16?,17?;/m0./s1. The zero-order valence-corrected chi connectivity index (χ0v) is 15.3. The molecule has 0 radical (unpaired) electrons. The number of hydrogen-bond acceptors (Lipinski definition) is 2. The molecule has 112 valence electrons. The predicted molar refractivity (Wildman–Crippen MR) is 81.6 cm³/mol. The number of ether oxygens (including phenoxy) is 1. The van der Waals surface area contributed by atoms with E-state index in [9.17, 15) is 0 Å². The smallest absolute Gasteiger partial charge is 0.118 e. The van der Waals surface area contributed by atoms with Crippen LogP contribution in [0.5, 0.6) is 5.75 Å². The summed E-state index contributed by atoms with van der Waals surface area (Å²) in [6.45, 7) is 2.80. The fraction of sp³-hybridized carbons (Fsp3) is 0.625. The van der Waals surface area contributed by atoms with E-state index in [0.717, 1.165) is 22.8 Å². The first-order chi connectivity index (χ1) is 9.21. The molecule has 0 aromatic heterocycles. The number of halogens is 1. The lowest BCUT2D eigenvalue weighted by Gasteiger charge is -2.31. The van der Waals surface area contributed by atoms with E-state index in [1.165, 1.54) is 42.4 Å². The Bertz CT molecular complexity index is 439. The van der Waals surface area contributed by atoms with Crippen LogP contribution in [0.25, 0.3) is 0 Å². The highest BCUT2D eigenvalue weighted by Crippen LogP contribution is 2.41. The maximum Gasteiger partial charge on any atom is 0.118 e. The minimum Gasteiger partial charge on any atom is -1.00 e. The Morgan fingerprint density at radius 1 is 1.20 bits per heavy atom. The molecule has 0 saturated carbocycles. The number of methoxy groups -OCH3 is 1. The summed E-state index contributed by atoms with van der Waals surface area (Å²) >= 11 is 2.17. The zero-order chi connectivity index (χ0) is 13.3. The van der Waals surface area contributed by atoms with Crippen molar-refractivity contribution in [3.63, 3.8) is 0 Å². The Hall–Kier alpha value is 0.0600. The molecular formula is C16H24INOS. The van der Waals surface area contributed by atoms with E-state index in [1.807, 2.05) is 0 Å². The number of nitrogens with zero attached hydrogens (tertiary/aromatic N) is 1. The fourth-order valence-corrected chi connectivity index (χ4v) is 5.26. The number of hydrogen-bond donors (Lipinski definition) is 0. The molecule has 2 nitrogen and oxygen atoms in total.